The van der Waals surface area contributed by atoms with Gasteiger partial charge in [0.2, 0.25) is 0 Å². The number of ketones is 1. The number of hydrogen-bond acceptors (Lipinski definition) is 3. The van der Waals surface area contributed by atoms with E-state index < -0.39 is 5.60 Å². The van der Waals surface area contributed by atoms with Gasteiger partial charge >= 0.3 is 0 Å². The molecule has 0 aromatic rings. The number of terminal acetylenes is 1. The molecule has 4 aliphatic rings. The molecule has 3 heteroatoms. The molecule has 4 saturated carbocycles. The molecule has 4 rings (SSSR count). The maximum Gasteiger partial charge on any atom is 0.161 e. The van der Waals surface area contributed by atoms with Crippen LogP contribution < -0.4 is 0 Å². The van der Waals surface area contributed by atoms with Gasteiger partial charge in [0.1, 0.15) is 6.61 Å². The lowest BCUT2D eigenvalue weighted by Gasteiger charge is -2.62. The first-order valence-corrected chi connectivity index (χ1v) is 11.1. The van der Waals surface area contributed by atoms with Crippen LogP contribution >= 0.6 is 0 Å². The smallest absolute Gasteiger partial charge is 0.161 e. The van der Waals surface area contributed by atoms with Crippen LogP contribution in [-0.2, 0) is 4.79 Å². The Morgan fingerprint density at radius 2 is 1.78 bits per heavy atom. The Balaban J connectivity index is 1.56. The number of carbonyl (C=O) groups is 1. The largest absolute Gasteiger partial charge is 0.389 e. The molecule has 0 saturated heterocycles. The second kappa shape index (κ2) is 6.60. The van der Waals surface area contributed by atoms with Gasteiger partial charge in [0, 0.05) is 12.3 Å². The monoisotopic (exact) mass is 372 g/mol. The van der Waals surface area contributed by atoms with Gasteiger partial charge in [-0.25, -0.2) is 0 Å². The lowest BCUT2D eigenvalue weighted by molar-refractivity contribution is -0.153. The Morgan fingerprint density at radius 1 is 1.04 bits per heavy atom. The Morgan fingerprint density at radius 3 is 2.48 bits per heavy atom. The molecular formula is C24H36O3. The molecule has 0 spiro atoms. The number of fused-ring (bicyclic) bond motifs is 5. The normalized spacial score (nSPS) is 51.6. The second-order valence-corrected chi connectivity index (χ2v) is 10.8. The summed E-state index contributed by atoms with van der Waals surface area (Å²) in [6, 6.07) is 0. The summed E-state index contributed by atoms with van der Waals surface area (Å²) in [5.74, 6) is 5.45. The third-order valence-corrected chi connectivity index (χ3v) is 9.80. The minimum Gasteiger partial charge on any atom is -0.389 e. The Hall–Kier alpha value is -0.850. The van der Waals surface area contributed by atoms with Crippen molar-refractivity contribution in [2.45, 2.75) is 83.7 Å². The van der Waals surface area contributed by atoms with E-state index in [1.165, 1.54) is 19.3 Å². The molecule has 27 heavy (non-hydrogen) atoms. The van der Waals surface area contributed by atoms with Gasteiger partial charge < -0.3 is 10.2 Å². The van der Waals surface area contributed by atoms with Gasteiger partial charge in [-0.1, -0.05) is 13.8 Å². The molecule has 0 heterocycles. The van der Waals surface area contributed by atoms with Crippen LogP contribution in [0.2, 0.25) is 0 Å². The molecule has 0 amide bonds. The third-order valence-electron chi connectivity index (χ3n) is 9.80. The van der Waals surface area contributed by atoms with Crippen LogP contribution in [0, 0.1) is 52.8 Å². The number of Topliss-reactive ketones (excluding diaryl/α,β-unsaturated/α-hetero) is 1. The van der Waals surface area contributed by atoms with Crippen molar-refractivity contribution in [1.29, 1.82) is 0 Å². The number of hydrogen-bond donors (Lipinski definition) is 2. The zero-order chi connectivity index (χ0) is 19.4. The van der Waals surface area contributed by atoms with E-state index in [1.54, 1.807) is 0 Å². The lowest BCUT2D eigenvalue weighted by Crippen LogP contribution is -2.56. The van der Waals surface area contributed by atoms with Crippen molar-refractivity contribution in [3.8, 4) is 12.3 Å². The Bertz CT molecular complexity index is 651. The summed E-state index contributed by atoms with van der Waals surface area (Å²) in [5, 5.41) is 20.4. The highest BCUT2D eigenvalue weighted by atomic mass is 16.3. The van der Waals surface area contributed by atoms with E-state index in [2.05, 4.69) is 19.8 Å². The summed E-state index contributed by atoms with van der Waals surface area (Å²) in [6.07, 6.45) is 15.6. The molecule has 3 nitrogen and oxygen atoms in total. The fraction of sp³-hybridized carbons (Fsp3) is 0.875. The summed E-state index contributed by atoms with van der Waals surface area (Å²) in [4.78, 5) is 12.4. The molecule has 4 aliphatic carbocycles. The average molecular weight is 373 g/mol. The molecule has 8 atom stereocenters. The van der Waals surface area contributed by atoms with E-state index in [1.807, 2.05) is 0 Å². The average Bonchev–Trinajstić information content (AvgIpc) is 2.99. The minimum absolute atomic E-state index is 0.0612. The highest BCUT2D eigenvalue weighted by Gasteiger charge is 2.61. The van der Waals surface area contributed by atoms with Crippen molar-refractivity contribution >= 4 is 5.78 Å². The summed E-state index contributed by atoms with van der Waals surface area (Å²) in [5.41, 5.74) is -0.256. The predicted octanol–water partition coefficient (Wildman–Crippen LogP) is 3.96. The van der Waals surface area contributed by atoms with E-state index >= 15 is 0 Å². The van der Waals surface area contributed by atoms with E-state index in [4.69, 9.17) is 6.42 Å². The SMILES string of the molecule is C#CC[C@@]1(O)CC[C@@]2(C)[C@@H](CC[C@@H]3[C@@H]2CC[C@]2(C)[C@@H](C(=O)CO)CC[C@@H]32)C1. The van der Waals surface area contributed by atoms with Crippen molar-refractivity contribution in [3.05, 3.63) is 0 Å². The molecule has 0 unspecified atom stereocenters. The van der Waals surface area contributed by atoms with Gasteiger partial charge in [-0.15, -0.1) is 12.3 Å². The van der Waals surface area contributed by atoms with Gasteiger partial charge in [0.15, 0.2) is 5.78 Å². The number of rotatable bonds is 3. The summed E-state index contributed by atoms with van der Waals surface area (Å²) >= 11 is 0. The zero-order valence-corrected chi connectivity index (χ0v) is 17.0. The quantitative estimate of drug-likeness (QED) is 0.737. The van der Waals surface area contributed by atoms with Crippen molar-refractivity contribution in [2.24, 2.45) is 40.4 Å². The summed E-state index contributed by atoms with van der Waals surface area (Å²) in [7, 11) is 0. The van der Waals surface area contributed by atoms with Gasteiger partial charge in [-0.3, -0.25) is 4.79 Å². The topological polar surface area (TPSA) is 57.5 Å². The first-order chi connectivity index (χ1) is 12.8. The summed E-state index contributed by atoms with van der Waals surface area (Å²) in [6.45, 7) is 4.52. The first-order valence-electron chi connectivity index (χ1n) is 11.1. The molecule has 0 aliphatic heterocycles. The molecule has 0 aromatic heterocycles. The highest BCUT2D eigenvalue weighted by Crippen LogP contribution is 2.68. The molecule has 0 aromatic carbocycles. The Kier molecular flexibility index (Phi) is 4.76. The highest BCUT2D eigenvalue weighted by molar-refractivity contribution is 5.83. The maximum atomic E-state index is 12.4. The minimum atomic E-state index is -0.652. The molecule has 4 fully saturated rings. The third kappa shape index (κ3) is 2.82. The van der Waals surface area contributed by atoms with Crippen LogP contribution in [0.4, 0.5) is 0 Å². The first kappa shape index (κ1) is 19.5. The van der Waals surface area contributed by atoms with E-state index in [9.17, 15) is 15.0 Å². The van der Waals surface area contributed by atoms with Crippen molar-refractivity contribution in [1.82, 2.24) is 0 Å². The van der Waals surface area contributed by atoms with Crippen LogP contribution in [-0.4, -0.2) is 28.2 Å². The number of carbonyl (C=O) groups excluding carboxylic acids is 1. The van der Waals surface area contributed by atoms with E-state index in [-0.39, 0.29) is 23.7 Å². The van der Waals surface area contributed by atoms with Crippen LogP contribution in [0.3, 0.4) is 0 Å². The van der Waals surface area contributed by atoms with Crippen molar-refractivity contribution < 1.29 is 15.0 Å². The number of aliphatic hydroxyl groups excluding tert-OH is 1. The Labute approximate surface area is 164 Å². The summed E-state index contributed by atoms with van der Waals surface area (Å²) < 4.78 is 0. The molecule has 150 valence electrons. The zero-order valence-electron chi connectivity index (χ0n) is 17.0. The van der Waals surface area contributed by atoms with Gasteiger partial charge in [0.25, 0.3) is 0 Å². The fourth-order valence-corrected chi connectivity index (χ4v) is 8.31. The van der Waals surface area contributed by atoms with E-state index in [0.717, 1.165) is 38.5 Å². The number of aliphatic hydroxyl groups is 2. The molecule has 2 N–H and O–H groups in total. The van der Waals surface area contributed by atoms with Gasteiger partial charge in [-0.05, 0) is 92.3 Å². The fourth-order valence-electron chi connectivity index (χ4n) is 8.31. The van der Waals surface area contributed by atoms with Crippen LogP contribution in [0.1, 0.15) is 78.1 Å². The predicted molar refractivity (Wildman–Crippen MR) is 106 cm³/mol. The lowest BCUT2D eigenvalue weighted by atomic mass is 9.43. The van der Waals surface area contributed by atoms with Gasteiger partial charge in [-0.2, -0.15) is 0 Å². The second-order valence-electron chi connectivity index (χ2n) is 10.8. The van der Waals surface area contributed by atoms with Crippen molar-refractivity contribution in [2.75, 3.05) is 6.61 Å². The molecule has 0 radical (unpaired) electrons. The van der Waals surface area contributed by atoms with Gasteiger partial charge in [0.05, 0.1) is 5.60 Å². The standard InChI is InChI=1S/C24H36O3/c1-4-10-24(27)13-12-22(2)16(14-24)5-6-17-18-7-8-20(21(26)15-25)23(18,3)11-9-19(17)22/h1,16-20,25,27H,5-15H2,2-3H3/t16-,17-,18-,19-,20+,22-,23-,24+/m0/s1. The van der Waals surface area contributed by atoms with Crippen molar-refractivity contribution in [3.63, 3.8) is 0 Å². The van der Waals surface area contributed by atoms with E-state index in [0.29, 0.717) is 35.5 Å². The van der Waals surface area contributed by atoms with Crippen LogP contribution in [0.25, 0.3) is 0 Å². The molecular weight excluding hydrogens is 336 g/mol. The maximum absolute atomic E-state index is 12.4. The molecule has 0 bridgehead atoms. The van der Waals surface area contributed by atoms with Crippen LogP contribution in [0.5, 0.6) is 0 Å². The van der Waals surface area contributed by atoms with Crippen LogP contribution in [0.15, 0.2) is 0 Å².